The molecule has 0 aromatic heterocycles. The minimum absolute atomic E-state index is 0.0270. The Bertz CT molecular complexity index is 450. The number of hydrogen-bond donors (Lipinski definition) is 3. The van der Waals surface area contributed by atoms with Crippen molar-refractivity contribution in [3.05, 3.63) is 24.3 Å². The first-order valence-electron chi connectivity index (χ1n) is 7.07. The van der Waals surface area contributed by atoms with Crippen LogP contribution < -0.4 is 15.8 Å². The number of nitrogens with one attached hydrogen (secondary N) is 1. The number of carbonyl (C=O) groups excluding carboxylic acids is 1. The molecule has 1 saturated carbocycles. The largest absolute Gasteiger partial charge is 0.491 e. The first-order chi connectivity index (χ1) is 9.65. The highest BCUT2D eigenvalue weighted by Gasteiger charge is 2.22. The van der Waals surface area contributed by atoms with E-state index in [1.54, 1.807) is 12.1 Å². The van der Waals surface area contributed by atoms with Crippen molar-refractivity contribution in [1.29, 1.82) is 0 Å². The number of benzene rings is 1. The number of carbonyl (C=O) groups is 1. The normalized spacial score (nSPS) is 21.6. The van der Waals surface area contributed by atoms with Gasteiger partial charge in [0, 0.05) is 6.54 Å². The van der Waals surface area contributed by atoms with Crippen LogP contribution >= 0.6 is 0 Å². The number of rotatable bonds is 6. The van der Waals surface area contributed by atoms with Crippen LogP contribution in [-0.4, -0.2) is 30.3 Å². The molecule has 0 saturated heterocycles. The Morgan fingerprint density at radius 1 is 1.40 bits per heavy atom. The number of nitrogen functional groups attached to an aromatic ring is 1. The molecule has 1 amide bonds. The molecule has 1 aliphatic carbocycles. The lowest BCUT2D eigenvalue weighted by Gasteiger charge is -2.12. The number of ether oxygens (including phenoxy) is 1. The summed E-state index contributed by atoms with van der Waals surface area (Å²) in [7, 11) is 0. The number of anilines is 1. The fourth-order valence-electron chi connectivity index (χ4n) is 2.45. The summed E-state index contributed by atoms with van der Waals surface area (Å²) >= 11 is 0. The topological polar surface area (TPSA) is 84.6 Å². The van der Waals surface area contributed by atoms with Gasteiger partial charge in [0.15, 0.2) is 0 Å². The second-order valence-corrected chi connectivity index (χ2v) is 5.27. The molecule has 1 aliphatic rings. The van der Waals surface area contributed by atoms with E-state index < -0.39 is 0 Å². The average Bonchev–Trinajstić information content (AvgIpc) is 2.84. The lowest BCUT2D eigenvalue weighted by Crippen LogP contribution is -2.29. The van der Waals surface area contributed by atoms with Crippen LogP contribution in [0.25, 0.3) is 0 Å². The van der Waals surface area contributed by atoms with Crippen LogP contribution in [0.2, 0.25) is 0 Å². The molecule has 1 fully saturated rings. The molecule has 2 unspecified atom stereocenters. The summed E-state index contributed by atoms with van der Waals surface area (Å²) in [5, 5.41) is 12.3. The maximum Gasteiger partial charge on any atom is 0.223 e. The monoisotopic (exact) mass is 278 g/mol. The van der Waals surface area contributed by atoms with Crippen molar-refractivity contribution < 1.29 is 14.6 Å². The maximum atomic E-state index is 11.7. The quantitative estimate of drug-likeness (QED) is 0.685. The Morgan fingerprint density at radius 2 is 2.20 bits per heavy atom. The van der Waals surface area contributed by atoms with Gasteiger partial charge in [-0.3, -0.25) is 4.79 Å². The predicted molar refractivity (Wildman–Crippen MR) is 77.3 cm³/mol. The molecule has 4 N–H and O–H groups in total. The Hall–Kier alpha value is -1.75. The van der Waals surface area contributed by atoms with Gasteiger partial charge in [-0.15, -0.1) is 0 Å². The van der Waals surface area contributed by atoms with Gasteiger partial charge in [0.25, 0.3) is 0 Å². The van der Waals surface area contributed by atoms with E-state index in [0.717, 1.165) is 19.3 Å². The van der Waals surface area contributed by atoms with Crippen molar-refractivity contribution in [2.75, 3.05) is 18.9 Å². The molecule has 0 radical (unpaired) electrons. The molecule has 0 heterocycles. The van der Waals surface area contributed by atoms with Crippen LogP contribution in [0.1, 0.15) is 25.7 Å². The highest BCUT2D eigenvalue weighted by atomic mass is 16.5. The molecular weight excluding hydrogens is 256 g/mol. The Morgan fingerprint density at radius 3 is 2.90 bits per heavy atom. The third-order valence-electron chi connectivity index (χ3n) is 3.61. The van der Waals surface area contributed by atoms with Gasteiger partial charge in [-0.1, -0.05) is 12.1 Å². The standard InChI is InChI=1S/C15H22N2O3/c16-13-3-1-2-4-14(13)20-8-7-15(19)17-10-11-5-6-12(18)9-11/h1-4,11-12,18H,5-10,16H2,(H,17,19). The molecule has 110 valence electrons. The van der Waals surface area contributed by atoms with E-state index in [4.69, 9.17) is 10.5 Å². The number of hydrogen-bond acceptors (Lipinski definition) is 4. The summed E-state index contributed by atoms with van der Waals surface area (Å²) in [4.78, 5) is 11.7. The zero-order valence-electron chi connectivity index (χ0n) is 11.5. The highest BCUT2D eigenvalue weighted by molar-refractivity contribution is 5.76. The van der Waals surface area contributed by atoms with Gasteiger partial charge in [-0.25, -0.2) is 0 Å². The zero-order valence-corrected chi connectivity index (χ0v) is 11.5. The summed E-state index contributed by atoms with van der Waals surface area (Å²) in [6, 6.07) is 7.23. The predicted octanol–water partition coefficient (Wildman–Crippen LogP) is 1.31. The molecule has 0 aliphatic heterocycles. The van der Waals surface area contributed by atoms with Gasteiger partial charge in [0.05, 0.1) is 24.8 Å². The maximum absolute atomic E-state index is 11.7. The molecule has 0 bridgehead atoms. The van der Waals surface area contributed by atoms with Crippen LogP contribution in [0, 0.1) is 5.92 Å². The molecular formula is C15H22N2O3. The van der Waals surface area contributed by atoms with Gasteiger partial charge in [0.1, 0.15) is 5.75 Å². The molecule has 1 aromatic carbocycles. The van der Waals surface area contributed by atoms with Crippen LogP contribution in [0.3, 0.4) is 0 Å². The minimum atomic E-state index is -0.193. The van der Waals surface area contributed by atoms with E-state index in [-0.39, 0.29) is 12.0 Å². The summed E-state index contributed by atoms with van der Waals surface area (Å²) in [5.74, 6) is 0.986. The lowest BCUT2D eigenvalue weighted by atomic mass is 10.1. The van der Waals surface area contributed by atoms with Crippen LogP contribution in [-0.2, 0) is 4.79 Å². The van der Waals surface area contributed by atoms with E-state index >= 15 is 0 Å². The van der Waals surface area contributed by atoms with E-state index in [1.807, 2.05) is 12.1 Å². The van der Waals surface area contributed by atoms with Crippen LogP contribution in [0.4, 0.5) is 5.69 Å². The van der Waals surface area contributed by atoms with Crippen LogP contribution in [0.5, 0.6) is 5.75 Å². The summed E-state index contributed by atoms with van der Waals surface area (Å²) in [6.07, 6.45) is 2.73. The number of nitrogens with two attached hydrogens (primary N) is 1. The summed E-state index contributed by atoms with van der Waals surface area (Å²) in [5.41, 5.74) is 6.32. The Kier molecular flexibility index (Phi) is 5.24. The second kappa shape index (κ2) is 7.14. The fourth-order valence-corrected chi connectivity index (χ4v) is 2.45. The first kappa shape index (κ1) is 14.7. The molecule has 20 heavy (non-hydrogen) atoms. The van der Waals surface area contributed by atoms with Gasteiger partial charge >= 0.3 is 0 Å². The van der Waals surface area contributed by atoms with Gasteiger partial charge < -0.3 is 20.9 Å². The summed E-state index contributed by atoms with van der Waals surface area (Å²) in [6.45, 7) is 0.955. The van der Waals surface area contributed by atoms with Gasteiger partial charge in [-0.2, -0.15) is 0 Å². The van der Waals surface area contributed by atoms with Crippen molar-refractivity contribution in [2.45, 2.75) is 31.8 Å². The number of para-hydroxylation sites is 2. The van der Waals surface area contributed by atoms with Crippen molar-refractivity contribution in [3.63, 3.8) is 0 Å². The lowest BCUT2D eigenvalue weighted by molar-refractivity contribution is -0.121. The number of aliphatic hydroxyl groups is 1. The van der Waals surface area contributed by atoms with Crippen LogP contribution in [0.15, 0.2) is 24.3 Å². The van der Waals surface area contributed by atoms with Crippen molar-refractivity contribution >= 4 is 11.6 Å². The molecule has 2 atom stereocenters. The second-order valence-electron chi connectivity index (χ2n) is 5.27. The zero-order chi connectivity index (χ0) is 14.4. The molecule has 5 heteroatoms. The van der Waals surface area contributed by atoms with Gasteiger partial charge in [0.2, 0.25) is 5.91 Å². The van der Waals surface area contributed by atoms with E-state index in [9.17, 15) is 9.90 Å². The van der Waals surface area contributed by atoms with Crippen molar-refractivity contribution in [1.82, 2.24) is 5.32 Å². The van der Waals surface area contributed by atoms with Crippen molar-refractivity contribution in [3.8, 4) is 5.75 Å². The molecule has 2 rings (SSSR count). The molecule has 1 aromatic rings. The van der Waals surface area contributed by atoms with Crippen molar-refractivity contribution in [2.24, 2.45) is 5.92 Å². The SMILES string of the molecule is Nc1ccccc1OCCC(=O)NCC1CCC(O)C1. The third kappa shape index (κ3) is 4.42. The van der Waals surface area contributed by atoms with E-state index in [2.05, 4.69) is 5.32 Å². The average molecular weight is 278 g/mol. The number of aliphatic hydroxyl groups excluding tert-OH is 1. The number of amides is 1. The van der Waals surface area contributed by atoms with E-state index in [1.165, 1.54) is 0 Å². The fraction of sp³-hybridized carbons (Fsp3) is 0.533. The summed E-state index contributed by atoms with van der Waals surface area (Å²) < 4.78 is 5.47. The third-order valence-corrected chi connectivity index (χ3v) is 3.61. The van der Waals surface area contributed by atoms with E-state index in [0.29, 0.717) is 36.9 Å². The Balaban J connectivity index is 1.62. The highest BCUT2D eigenvalue weighted by Crippen LogP contribution is 2.24. The van der Waals surface area contributed by atoms with Gasteiger partial charge in [-0.05, 0) is 37.3 Å². The molecule has 0 spiro atoms. The minimum Gasteiger partial charge on any atom is -0.491 e. The Labute approximate surface area is 119 Å². The first-order valence-corrected chi connectivity index (χ1v) is 7.07. The smallest absolute Gasteiger partial charge is 0.223 e. The molecule has 5 nitrogen and oxygen atoms in total.